The van der Waals surface area contributed by atoms with Crippen molar-refractivity contribution in [2.24, 2.45) is 0 Å². The fourth-order valence-electron chi connectivity index (χ4n) is 3.63. The van der Waals surface area contributed by atoms with Crippen LogP contribution in [0.1, 0.15) is 53.8 Å². The van der Waals surface area contributed by atoms with Gasteiger partial charge in [-0.25, -0.2) is 15.0 Å². The predicted octanol–water partition coefficient (Wildman–Crippen LogP) is 3.24. The number of hydrogen-bond acceptors (Lipinski definition) is 7. The fraction of sp³-hybridized carbons (Fsp3) is 0.455. The highest BCUT2D eigenvalue weighted by Crippen LogP contribution is 2.28. The Morgan fingerprint density at radius 3 is 2.83 bits per heavy atom. The zero-order chi connectivity index (χ0) is 20.9. The van der Waals surface area contributed by atoms with Crippen LogP contribution in [0.5, 0.6) is 11.8 Å². The van der Waals surface area contributed by atoms with Gasteiger partial charge >= 0.3 is 0 Å². The first-order valence-electron chi connectivity index (χ1n) is 10.3. The highest BCUT2D eigenvalue weighted by atomic mass is 16.5. The van der Waals surface area contributed by atoms with E-state index in [1.54, 1.807) is 25.4 Å². The van der Waals surface area contributed by atoms with E-state index in [0.29, 0.717) is 41.2 Å². The summed E-state index contributed by atoms with van der Waals surface area (Å²) >= 11 is 0. The molecule has 0 atom stereocenters. The lowest BCUT2D eigenvalue weighted by Gasteiger charge is -2.19. The Labute approximate surface area is 175 Å². The third-order valence-electron chi connectivity index (χ3n) is 5.16. The van der Waals surface area contributed by atoms with Crippen LogP contribution in [0.4, 0.5) is 0 Å². The van der Waals surface area contributed by atoms with E-state index in [4.69, 9.17) is 19.2 Å². The molecule has 0 N–H and O–H groups in total. The molecule has 0 saturated carbocycles. The number of carbonyl (C=O) groups excluding carboxylic acids is 1. The van der Waals surface area contributed by atoms with Crippen molar-refractivity contribution in [2.75, 3.05) is 26.9 Å². The average molecular weight is 410 g/mol. The quantitative estimate of drug-likeness (QED) is 0.527. The summed E-state index contributed by atoms with van der Waals surface area (Å²) in [5.41, 5.74) is 2.72. The maximum Gasteiger partial charge on any atom is 0.258 e. The van der Waals surface area contributed by atoms with Gasteiger partial charge in [-0.2, -0.15) is 0 Å². The first-order valence-corrected chi connectivity index (χ1v) is 10.3. The normalized spacial score (nSPS) is 14.7. The van der Waals surface area contributed by atoms with Crippen molar-refractivity contribution < 1.29 is 19.0 Å². The number of nitrogens with zero attached hydrogens (tertiary/aromatic N) is 4. The minimum Gasteiger partial charge on any atom is -0.478 e. The summed E-state index contributed by atoms with van der Waals surface area (Å²) in [5, 5.41) is 0. The van der Waals surface area contributed by atoms with Crippen molar-refractivity contribution in [3.63, 3.8) is 0 Å². The van der Waals surface area contributed by atoms with Gasteiger partial charge in [-0.3, -0.25) is 4.79 Å². The van der Waals surface area contributed by atoms with Crippen LogP contribution in [0, 0.1) is 0 Å². The van der Waals surface area contributed by atoms with Crippen molar-refractivity contribution in [3.8, 4) is 11.8 Å². The van der Waals surface area contributed by atoms with Gasteiger partial charge < -0.3 is 18.6 Å². The van der Waals surface area contributed by atoms with Crippen molar-refractivity contribution >= 4 is 11.4 Å². The highest BCUT2D eigenvalue weighted by Gasteiger charge is 2.22. The van der Waals surface area contributed by atoms with E-state index >= 15 is 0 Å². The maximum absolute atomic E-state index is 12.9. The summed E-state index contributed by atoms with van der Waals surface area (Å²) in [5.74, 6) is 1.03. The summed E-state index contributed by atoms with van der Waals surface area (Å²) in [6.45, 7) is 4.03. The summed E-state index contributed by atoms with van der Waals surface area (Å²) in [7, 11) is 1.56. The molecule has 0 amide bonds. The Morgan fingerprint density at radius 1 is 1.23 bits per heavy atom. The van der Waals surface area contributed by atoms with Gasteiger partial charge in [-0.05, 0) is 31.4 Å². The van der Waals surface area contributed by atoms with E-state index in [2.05, 4.69) is 9.97 Å². The number of imidazole rings is 1. The molecule has 1 aliphatic rings. The monoisotopic (exact) mass is 410 g/mol. The lowest BCUT2D eigenvalue weighted by Crippen LogP contribution is -2.14. The van der Waals surface area contributed by atoms with Crippen LogP contribution in [0.3, 0.4) is 0 Å². The lowest BCUT2D eigenvalue weighted by molar-refractivity contribution is 0.0846. The molecule has 1 saturated heterocycles. The maximum atomic E-state index is 12.9. The van der Waals surface area contributed by atoms with E-state index in [-0.39, 0.29) is 12.2 Å². The fourth-order valence-corrected chi connectivity index (χ4v) is 3.63. The number of ether oxygens (including phenoxy) is 3. The van der Waals surface area contributed by atoms with Crippen molar-refractivity contribution in [1.29, 1.82) is 0 Å². The second-order valence-corrected chi connectivity index (χ2v) is 7.33. The van der Waals surface area contributed by atoms with Crippen LogP contribution in [-0.4, -0.2) is 52.1 Å². The minimum absolute atomic E-state index is 0.104. The number of methoxy groups -OCH3 is 1. The number of ketones is 1. The van der Waals surface area contributed by atoms with Gasteiger partial charge in [0.05, 0.1) is 37.1 Å². The predicted molar refractivity (Wildman–Crippen MR) is 110 cm³/mol. The summed E-state index contributed by atoms with van der Waals surface area (Å²) in [4.78, 5) is 26.4. The molecule has 0 aromatic carbocycles. The van der Waals surface area contributed by atoms with Crippen molar-refractivity contribution in [3.05, 3.63) is 47.7 Å². The summed E-state index contributed by atoms with van der Waals surface area (Å²) in [6, 6.07) is 3.47. The molecule has 30 heavy (non-hydrogen) atoms. The molecule has 0 bridgehead atoms. The molecule has 1 aliphatic heterocycles. The Hall–Kier alpha value is -3.00. The molecule has 0 aliphatic carbocycles. The second kappa shape index (κ2) is 9.21. The number of aromatic nitrogens is 4. The zero-order valence-electron chi connectivity index (χ0n) is 17.3. The number of Topliss-reactive ketones (excluding diaryl/α,β-unsaturated/α-hetero) is 1. The first-order chi connectivity index (χ1) is 14.7. The van der Waals surface area contributed by atoms with E-state index in [9.17, 15) is 4.79 Å². The van der Waals surface area contributed by atoms with Gasteiger partial charge in [-0.15, -0.1) is 0 Å². The number of hydrogen-bond donors (Lipinski definition) is 0. The third kappa shape index (κ3) is 4.28. The second-order valence-electron chi connectivity index (χ2n) is 7.33. The van der Waals surface area contributed by atoms with Gasteiger partial charge in [0.1, 0.15) is 0 Å². The van der Waals surface area contributed by atoms with Gasteiger partial charge in [0.25, 0.3) is 5.88 Å². The zero-order valence-corrected chi connectivity index (χ0v) is 17.3. The van der Waals surface area contributed by atoms with Gasteiger partial charge in [0.15, 0.2) is 5.78 Å². The van der Waals surface area contributed by atoms with Gasteiger partial charge in [0.2, 0.25) is 11.5 Å². The Balaban J connectivity index is 1.60. The molecule has 0 spiro atoms. The first kappa shape index (κ1) is 20.3. The molecule has 8 nitrogen and oxygen atoms in total. The minimum atomic E-state index is -0.104. The Morgan fingerprint density at radius 2 is 2.07 bits per heavy atom. The van der Waals surface area contributed by atoms with Crippen LogP contribution in [0.15, 0.2) is 30.7 Å². The van der Waals surface area contributed by atoms with Crippen LogP contribution in [0.2, 0.25) is 0 Å². The number of fused-ring (bicyclic) bond motifs is 1. The van der Waals surface area contributed by atoms with Crippen LogP contribution in [0.25, 0.3) is 5.65 Å². The number of pyridine rings is 1. The Kier molecular flexibility index (Phi) is 6.23. The van der Waals surface area contributed by atoms with Crippen molar-refractivity contribution in [2.45, 2.75) is 38.5 Å². The van der Waals surface area contributed by atoms with Crippen molar-refractivity contribution in [1.82, 2.24) is 19.4 Å². The molecule has 4 rings (SSSR count). The standard InChI is InChI=1S/C22H26N4O4/c1-3-9-30-21-17(5-4-8-23-21)19(27)12-16-13-26-14-18(15-6-10-29-11-7-15)25-20(26)22(24-16)28-2/h4-5,8,13-15H,3,6-7,9-12H2,1-2H3. The molecular weight excluding hydrogens is 384 g/mol. The van der Waals surface area contributed by atoms with Crippen LogP contribution >= 0.6 is 0 Å². The van der Waals surface area contributed by atoms with Crippen LogP contribution in [-0.2, 0) is 11.2 Å². The van der Waals surface area contributed by atoms with E-state index in [1.807, 2.05) is 23.7 Å². The number of carbonyl (C=O) groups is 1. The van der Waals surface area contributed by atoms with E-state index in [0.717, 1.165) is 38.2 Å². The molecule has 1 fully saturated rings. The topological polar surface area (TPSA) is 87.8 Å². The molecular formula is C22H26N4O4. The summed E-state index contributed by atoms with van der Waals surface area (Å²) < 4.78 is 18.4. The molecule has 0 radical (unpaired) electrons. The molecule has 0 unspecified atom stereocenters. The molecule has 3 aromatic rings. The number of rotatable bonds is 8. The summed E-state index contributed by atoms with van der Waals surface area (Å²) in [6.07, 6.45) is 8.33. The molecule has 158 valence electrons. The van der Waals surface area contributed by atoms with E-state index < -0.39 is 0 Å². The average Bonchev–Trinajstić information content (AvgIpc) is 3.22. The molecule has 4 heterocycles. The van der Waals surface area contributed by atoms with Gasteiger partial charge in [-0.1, -0.05) is 6.92 Å². The Bertz CT molecular complexity index is 1030. The lowest BCUT2D eigenvalue weighted by atomic mass is 9.97. The molecule has 8 heteroatoms. The SMILES string of the molecule is CCCOc1ncccc1C(=O)Cc1cn2cc(C3CCOCC3)nc2c(OC)n1. The molecule has 3 aromatic heterocycles. The highest BCUT2D eigenvalue weighted by molar-refractivity contribution is 5.99. The van der Waals surface area contributed by atoms with Gasteiger partial charge in [0, 0.05) is 37.7 Å². The smallest absolute Gasteiger partial charge is 0.258 e. The largest absolute Gasteiger partial charge is 0.478 e. The third-order valence-corrected chi connectivity index (χ3v) is 5.16. The van der Waals surface area contributed by atoms with E-state index in [1.165, 1.54) is 0 Å². The van der Waals surface area contributed by atoms with Crippen LogP contribution < -0.4 is 9.47 Å².